The van der Waals surface area contributed by atoms with Crippen molar-refractivity contribution in [1.82, 2.24) is 9.13 Å². The molecule has 0 aliphatic heterocycles. The monoisotopic (exact) mass is 1050 g/mol. The lowest BCUT2D eigenvalue weighted by Crippen LogP contribution is -2.12. The standard InChI is InChI=1S/C67H33F6N7/c68-66(69,70)49-27-48(28-50(33-49)67(71,72)73)65-63(79-59-29-40(51-13-5-1-9-44(51)35-75)17-21-55(59)56-22-18-41(30-60(56)79)52-14-6-2-10-45(52)36-76)25-39(34-74)26-64(65)80-61-31-42(53-15-7-3-11-46(53)37-77)19-23-57(61)58-24-20-43(32-62(58)80)54-16-8-4-12-47(54)38-78/h1-33H. The van der Waals surface area contributed by atoms with Crippen LogP contribution in [-0.2, 0) is 12.4 Å². The predicted octanol–water partition coefficient (Wildman–Crippen LogP) is 17.6. The number of hydrogen-bond acceptors (Lipinski definition) is 5. The van der Waals surface area contributed by atoms with Gasteiger partial charge >= 0.3 is 12.4 Å². The molecule has 0 aliphatic carbocycles. The Morgan fingerprint density at radius 2 is 0.588 bits per heavy atom. The SMILES string of the molecule is N#Cc1cc(-n2c3cc(-c4ccccc4C#N)ccc3c3ccc(-c4ccccc4C#N)cc32)c(-c2cc(C(F)(F)F)cc(C(F)(F)F)c2)c(-n2c3cc(-c4ccccc4C#N)ccc3c3ccc(-c4ccccc4C#N)cc32)c1. The molecule has 7 nitrogen and oxygen atoms in total. The summed E-state index contributed by atoms with van der Waals surface area (Å²) in [7, 11) is 0. The molecule has 0 N–H and O–H groups in total. The lowest BCUT2D eigenvalue weighted by atomic mass is 9.94. The number of nitrogens with zero attached hydrogens (tertiary/aromatic N) is 7. The Balaban J connectivity index is 1.31. The van der Waals surface area contributed by atoms with E-state index in [9.17, 15) is 26.3 Å². The van der Waals surface area contributed by atoms with E-state index in [2.05, 4.69) is 30.3 Å². The van der Waals surface area contributed by atoms with E-state index >= 15 is 26.3 Å². The Hall–Kier alpha value is -11.2. The van der Waals surface area contributed by atoms with Crippen LogP contribution in [0.1, 0.15) is 38.9 Å². The summed E-state index contributed by atoms with van der Waals surface area (Å²) < 4.78 is 95.3. The van der Waals surface area contributed by atoms with E-state index in [1.54, 1.807) is 130 Å². The first-order chi connectivity index (χ1) is 38.7. The Labute approximate surface area is 452 Å². The fourth-order valence-electron chi connectivity index (χ4n) is 11.0. The van der Waals surface area contributed by atoms with Gasteiger partial charge in [-0.05, 0) is 129 Å². The molecule has 0 spiro atoms. The molecule has 378 valence electrons. The van der Waals surface area contributed by atoms with Gasteiger partial charge in [-0.3, -0.25) is 0 Å². The summed E-state index contributed by atoms with van der Waals surface area (Å²) in [4.78, 5) is 0. The topological polar surface area (TPSA) is 129 Å². The summed E-state index contributed by atoms with van der Waals surface area (Å²) in [6.07, 6.45) is -10.6. The minimum Gasteiger partial charge on any atom is -0.308 e. The van der Waals surface area contributed by atoms with E-state index in [1.807, 2.05) is 48.5 Å². The molecule has 13 heteroatoms. The van der Waals surface area contributed by atoms with Gasteiger partial charge in [0.15, 0.2) is 0 Å². The first-order valence-corrected chi connectivity index (χ1v) is 24.7. The van der Waals surface area contributed by atoms with Crippen LogP contribution in [0.5, 0.6) is 0 Å². The van der Waals surface area contributed by atoms with Crippen molar-refractivity contribution in [3.05, 3.63) is 239 Å². The average molecular weight is 1050 g/mol. The zero-order chi connectivity index (χ0) is 55.6. The minimum atomic E-state index is -5.28. The minimum absolute atomic E-state index is 0.00916. The number of fused-ring (bicyclic) bond motifs is 6. The number of hydrogen-bond donors (Lipinski definition) is 0. The lowest BCUT2D eigenvalue weighted by Gasteiger charge is -2.23. The van der Waals surface area contributed by atoms with E-state index in [4.69, 9.17) is 0 Å². The molecule has 10 aromatic carbocycles. The van der Waals surface area contributed by atoms with E-state index in [1.165, 1.54) is 12.1 Å². The quantitative estimate of drug-likeness (QED) is 0.147. The maximum absolute atomic E-state index is 15.3. The Kier molecular flexibility index (Phi) is 11.9. The van der Waals surface area contributed by atoms with E-state index in [0.29, 0.717) is 123 Å². The van der Waals surface area contributed by atoms with Gasteiger partial charge in [0.05, 0.1) is 103 Å². The van der Waals surface area contributed by atoms with Gasteiger partial charge in [0.1, 0.15) is 0 Å². The third-order valence-corrected chi connectivity index (χ3v) is 14.6. The van der Waals surface area contributed by atoms with Crippen molar-refractivity contribution < 1.29 is 26.3 Å². The van der Waals surface area contributed by atoms with Crippen LogP contribution in [0.15, 0.2) is 200 Å². The summed E-state index contributed by atoms with van der Waals surface area (Å²) >= 11 is 0. The highest BCUT2D eigenvalue weighted by Gasteiger charge is 2.38. The average Bonchev–Trinajstić information content (AvgIpc) is 4.10. The molecule has 12 aromatic rings. The Morgan fingerprint density at radius 1 is 0.300 bits per heavy atom. The van der Waals surface area contributed by atoms with E-state index in [0.717, 1.165) is 0 Å². The summed E-state index contributed by atoms with van der Waals surface area (Å²) in [6, 6.07) is 64.9. The van der Waals surface area contributed by atoms with Crippen LogP contribution >= 0.6 is 0 Å². The van der Waals surface area contributed by atoms with Crippen LogP contribution < -0.4 is 0 Å². The van der Waals surface area contributed by atoms with Gasteiger partial charge in [0, 0.05) is 27.1 Å². The van der Waals surface area contributed by atoms with Crippen molar-refractivity contribution in [3.8, 4) is 97.4 Å². The zero-order valence-electron chi connectivity index (χ0n) is 41.5. The maximum atomic E-state index is 15.3. The van der Waals surface area contributed by atoms with Gasteiger partial charge < -0.3 is 9.13 Å². The molecule has 0 unspecified atom stereocenters. The van der Waals surface area contributed by atoms with Crippen LogP contribution in [0.25, 0.3) is 111 Å². The number of benzene rings is 10. The molecule has 2 heterocycles. The number of aromatic nitrogens is 2. The van der Waals surface area contributed by atoms with Gasteiger partial charge in [-0.1, -0.05) is 121 Å². The normalized spacial score (nSPS) is 11.6. The molecular weight excluding hydrogens is 1020 g/mol. The maximum Gasteiger partial charge on any atom is 0.416 e. The third-order valence-electron chi connectivity index (χ3n) is 14.6. The van der Waals surface area contributed by atoms with Crippen molar-refractivity contribution in [1.29, 1.82) is 26.3 Å². The Bertz CT molecular complexity index is 4310. The fourth-order valence-corrected chi connectivity index (χ4v) is 11.0. The second kappa shape index (κ2) is 19.1. The van der Waals surface area contributed by atoms with Crippen LogP contribution in [0.3, 0.4) is 0 Å². The van der Waals surface area contributed by atoms with Crippen molar-refractivity contribution in [3.63, 3.8) is 0 Å². The van der Waals surface area contributed by atoms with E-state index in [-0.39, 0.29) is 28.6 Å². The van der Waals surface area contributed by atoms with Gasteiger partial charge in [0.25, 0.3) is 0 Å². The van der Waals surface area contributed by atoms with Gasteiger partial charge in [-0.15, -0.1) is 0 Å². The van der Waals surface area contributed by atoms with Crippen molar-refractivity contribution in [2.24, 2.45) is 0 Å². The molecule has 0 atom stereocenters. The molecule has 12 rings (SSSR count). The summed E-state index contributed by atoms with van der Waals surface area (Å²) in [5, 5.41) is 54.8. The second-order valence-electron chi connectivity index (χ2n) is 19.0. The fraction of sp³-hybridized carbons (Fsp3) is 0.0299. The summed E-state index contributed by atoms with van der Waals surface area (Å²) in [5.74, 6) is 0. The molecule has 0 bridgehead atoms. The molecule has 2 aromatic heterocycles. The van der Waals surface area contributed by atoms with Crippen molar-refractivity contribution in [2.75, 3.05) is 0 Å². The molecule has 80 heavy (non-hydrogen) atoms. The molecular formula is C67H33F6N7. The van der Waals surface area contributed by atoms with Crippen LogP contribution in [0.2, 0.25) is 0 Å². The summed E-state index contributed by atoms with van der Waals surface area (Å²) in [6.45, 7) is 0. The van der Waals surface area contributed by atoms with Crippen LogP contribution in [0.4, 0.5) is 26.3 Å². The number of halogens is 6. The largest absolute Gasteiger partial charge is 0.416 e. The molecule has 0 aliphatic rings. The van der Waals surface area contributed by atoms with Crippen LogP contribution in [-0.4, -0.2) is 9.13 Å². The third kappa shape index (κ3) is 8.30. The van der Waals surface area contributed by atoms with Gasteiger partial charge in [-0.25, -0.2) is 0 Å². The molecule has 0 amide bonds. The summed E-state index contributed by atoms with van der Waals surface area (Å²) in [5.41, 5.74) is 3.60. The predicted molar refractivity (Wildman–Crippen MR) is 296 cm³/mol. The van der Waals surface area contributed by atoms with Gasteiger partial charge in [0.2, 0.25) is 0 Å². The molecule has 0 saturated carbocycles. The molecule has 0 fully saturated rings. The van der Waals surface area contributed by atoms with Gasteiger partial charge in [-0.2, -0.15) is 52.7 Å². The van der Waals surface area contributed by atoms with Crippen LogP contribution in [0, 0.1) is 56.7 Å². The molecule has 0 radical (unpaired) electrons. The number of rotatable bonds is 7. The Morgan fingerprint density at radius 3 is 0.850 bits per heavy atom. The molecule has 0 saturated heterocycles. The smallest absolute Gasteiger partial charge is 0.308 e. The zero-order valence-corrected chi connectivity index (χ0v) is 41.5. The second-order valence-corrected chi connectivity index (χ2v) is 19.0. The first-order valence-electron chi connectivity index (χ1n) is 24.7. The van der Waals surface area contributed by atoms with E-state index < -0.39 is 29.0 Å². The van der Waals surface area contributed by atoms with Crippen molar-refractivity contribution >= 4 is 43.6 Å². The highest BCUT2D eigenvalue weighted by Crippen LogP contribution is 2.48. The number of alkyl halides is 6. The highest BCUT2D eigenvalue weighted by atomic mass is 19.4. The first kappa shape index (κ1) is 49.7. The van der Waals surface area contributed by atoms with Crippen molar-refractivity contribution in [2.45, 2.75) is 12.4 Å². The highest BCUT2D eigenvalue weighted by molar-refractivity contribution is 6.14. The number of nitriles is 5. The lowest BCUT2D eigenvalue weighted by molar-refractivity contribution is -0.143.